The fraction of sp³-hybridized carbons (Fsp3) is 0.400. The Morgan fingerprint density at radius 2 is 1.59 bits per heavy atom. The van der Waals surface area contributed by atoms with Crippen LogP contribution in [0.4, 0.5) is 22.0 Å². The van der Waals surface area contributed by atoms with Crippen LogP contribution >= 0.6 is 0 Å². The molecule has 0 aromatic heterocycles. The first kappa shape index (κ1) is 14.1. The van der Waals surface area contributed by atoms with E-state index in [0.717, 1.165) is 20.2 Å². The highest BCUT2D eigenvalue weighted by Crippen LogP contribution is 2.39. The molecule has 0 saturated heterocycles. The maximum atomic E-state index is 13.9. The van der Waals surface area contributed by atoms with Gasteiger partial charge in [-0.05, 0) is 25.2 Å². The Balaban J connectivity index is 3.39. The van der Waals surface area contributed by atoms with Crippen molar-refractivity contribution in [3.63, 3.8) is 0 Å². The molecule has 0 N–H and O–H groups in total. The van der Waals surface area contributed by atoms with Crippen LogP contribution in [0.5, 0.6) is 0 Å². The Morgan fingerprint density at radius 1 is 1.06 bits per heavy atom. The Morgan fingerprint density at radius 3 is 2.06 bits per heavy atom. The van der Waals surface area contributed by atoms with Crippen LogP contribution in [-0.4, -0.2) is 15.4 Å². The van der Waals surface area contributed by atoms with Gasteiger partial charge in [-0.25, -0.2) is 22.0 Å². The monoisotopic (exact) mass is 270 g/mol. The Labute approximate surface area is 96.3 Å². The van der Waals surface area contributed by atoms with E-state index in [-0.39, 0.29) is 0 Å². The van der Waals surface area contributed by atoms with Gasteiger partial charge < -0.3 is 4.43 Å². The molecular formula is C10H11F5OSi. The predicted molar refractivity (Wildman–Crippen MR) is 54.7 cm³/mol. The number of halogens is 5. The van der Waals surface area contributed by atoms with Gasteiger partial charge in [0, 0.05) is 7.11 Å². The molecule has 0 atom stereocenters. The van der Waals surface area contributed by atoms with Crippen molar-refractivity contribution in [1.29, 1.82) is 0 Å². The summed E-state index contributed by atoms with van der Waals surface area (Å²) in [4.78, 5) is 0. The van der Waals surface area contributed by atoms with Crippen molar-refractivity contribution in [2.24, 2.45) is 0 Å². The zero-order valence-corrected chi connectivity index (χ0v) is 10.5. The van der Waals surface area contributed by atoms with Crippen LogP contribution in [0, 0.1) is 17.5 Å². The summed E-state index contributed by atoms with van der Waals surface area (Å²) in [5.74, 6) is -5.27. The molecule has 0 spiro atoms. The summed E-state index contributed by atoms with van der Waals surface area (Å²) in [5.41, 5.74) is -4.82. The third-order valence-electron chi connectivity index (χ3n) is 2.64. The van der Waals surface area contributed by atoms with Gasteiger partial charge in [0.25, 0.3) is 13.9 Å². The fourth-order valence-corrected chi connectivity index (χ4v) is 2.32. The molecule has 0 aliphatic heterocycles. The van der Waals surface area contributed by atoms with E-state index >= 15 is 0 Å². The number of alkyl halides is 2. The number of rotatable bonds is 3. The Hall–Kier alpha value is -0.953. The molecule has 1 aromatic rings. The molecule has 0 saturated carbocycles. The fourth-order valence-electron chi connectivity index (χ4n) is 1.22. The first-order valence-corrected chi connectivity index (χ1v) is 7.63. The van der Waals surface area contributed by atoms with Crippen LogP contribution in [0.2, 0.25) is 13.1 Å². The van der Waals surface area contributed by atoms with Crippen LogP contribution < -0.4 is 0 Å². The Bertz CT molecular complexity index is 433. The third-order valence-corrected chi connectivity index (χ3v) is 5.44. The van der Waals surface area contributed by atoms with Crippen molar-refractivity contribution in [1.82, 2.24) is 0 Å². The molecule has 0 radical (unpaired) electrons. The van der Waals surface area contributed by atoms with Gasteiger partial charge in [-0.3, -0.25) is 0 Å². The topological polar surface area (TPSA) is 9.23 Å². The molecule has 7 heteroatoms. The SMILES string of the molecule is CO[Si](C)(C)C(F)(F)c1ccc(F)c(F)c1F. The van der Waals surface area contributed by atoms with E-state index in [4.69, 9.17) is 0 Å². The molecule has 1 rings (SSSR count). The lowest BCUT2D eigenvalue weighted by Gasteiger charge is -2.30. The van der Waals surface area contributed by atoms with Gasteiger partial charge >= 0.3 is 0 Å². The van der Waals surface area contributed by atoms with Gasteiger partial charge in [-0.15, -0.1) is 0 Å². The van der Waals surface area contributed by atoms with E-state index < -0.39 is 36.9 Å². The van der Waals surface area contributed by atoms with Crippen LogP contribution in [0.15, 0.2) is 12.1 Å². The van der Waals surface area contributed by atoms with Gasteiger partial charge in [0.05, 0.1) is 5.56 Å². The molecule has 17 heavy (non-hydrogen) atoms. The second-order valence-electron chi connectivity index (χ2n) is 4.01. The second-order valence-corrected chi connectivity index (χ2v) is 8.07. The molecule has 0 heterocycles. The zero-order chi connectivity index (χ0) is 13.4. The average molecular weight is 270 g/mol. The average Bonchev–Trinajstić information content (AvgIpc) is 2.25. The smallest absolute Gasteiger partial charge is 0.284 e. The van der Waals surface area contributed by atoms with Crippen LogP contribution in [0.3, 0.4) is 0 Å². The predicted octanol–water partition coefficient (Wildman–Crippen LogP) is 3.59. The van der Waals surface area contributed by atoms with E-state index in [9.17, 15) is 22.0 Å². The maximum Gasteiger partial charge on any atom is 0.284 e. The molecule has 0 bridgehead atoms. The third kappa shape index (κ3) is 2.21. The quantitative estimate of drug-likeness (QED) is 0.463. The van der Waals surface area contributed by atoms with Gasteiger partial charge in [-0.1, -0.05) is 0 Å². The minimum Gasteiger partial charge on any atom is -0.413 e. The normalized spacial score (nSPS) is 12.9. The van der Waals surface area contributed by atoms with E-state index in [1.54, 1.807) is 0 Å². The number of hydrogen-bond acceptors (Lipinski definition) is 1. The summed E-state index contributed by atoms with van der Waals surface area (Å²) < 4.78 is 71.4. The molecule has 0 amide bonds. The number of hydrogen-bond donors (Lipinski definition) is 0. The summed E-state index contributed by atoms with van der Waals surface area (Å²) in [6.45, 7) is 2.32. The summed E-state index contributed by atoms with van der Waals surface area (Å²) in [6, 6.07) is 1.02. The second kappa shape index (κ2) is 4.38. The molecule has 0 fully saturated rings. The molecule has 1 aromatic carbocycles. The molecule has 1 nitrogen and oxygen atoms in total. The lowest BCUT2D eigenvalue weighted by Crippen LogP contribution is -2.48. The highest BCUT2D eigenvalue weighted by Gasteiger charge is 2.53. The van der Waals surface area contributed by atoms with Gasteiger partial charge in [0.1, 0.15) is 0 Å². The zero-order valence-electron chi connectivity index (χ0n) is 9.45. The van der Waals surface area contributed by atoms with Crippen molar-refractivity contribution in [3.8, 4) is 0 Å². The van der Waals surface area contributed by atoms with E-state index in [1.165, 1.54) is 0 Å². The highest BCUT2D eigenvalue weighted by atomic mass is 28.4. The summed E-state index contributed by atoms with van der Waals surface area (Å²) >= 11 is 0. The maximum absolute atomic E-state index is 13.9. The van der Waals surface area contributed by atoms with Crippen LogP contribution in [0.1, 0.15) is 5.56 Å². The van der Waals surface area contributed by atoms with E-state index in [2.05, 4.69) is 4.43 Å². The van der Waals surface area contributed by atoms with Crippen molar-refractivity contribution in [3.05, 3.63) is 35.1 Å². The summed E-state index contributed by atoms with van der Waals surface area (Å²) in [5, 5.41) is 0. The van der Waals surface area contributed by atoms with Crippen molar-refractivity contribution in [2.75, 3.05) is 7.11 Å². The van der Waals surface area contributed by atoms with Gasteiger partial charge in [0.2, 0.25) is 0 Å². The van der Waals surface area contributed by atoms with Gasteiger partial charge in [-0.2, -0.15) is 0 Å². The molecule has 0 aliphatic carbocycles. The molecule has 96 valence electrons. The van der Waals surface area contributed by atoms with E-state index in [1.807, 2.05) is 0 Å². The summed E-state index contributed by atoms with van der Waals surface area (Å²) in [7, 11) is -2.50. The standard InChI is InChI=1S/C10H11F5OSi/c1-16-17(2,3)10(14,15)6-4-5-7(11)9(13)8(6)12/h4-5H,1-3H3. The molecule has 0 unspecified atom stereocenters. The molecular weight excluding hydrogens is 259 g/mol. The van der Waals surface area contributed by atoms with Gasteiger partial charge in [0.15, 0.2) is 17.5 Å². The van der Waals surface area contributed by atoms with Crippen molar-refractivity contribution in [2.45, 2.75) is 18.6 Å². The minimum absolute atomic E-state index is 0.474. The lowest BCUT2D eigenvalue weighted by atomic mass is 10.2. The first-order valence-electron chi connectivity index (χ1n) is 4.72. The minimum atomic E-state index is -3.65. The van der Waals surface area contributed by atoms with Crippen LogP contribution in [-0.2, 0) is 9.97 Å². The summed E-state index contributed by atoms with van der Waals surface area (Å²) in [6.07, 6.45) is 0. The number of benzene rings is 1. The lowest BCUT2D eigenvalue weighted by molar-refractivity contribution is 0.0507. The van der Waals surface area contributed by atoms with Crippen molar-refractivity contribution < 1.29 is 26.4 Å². The first-order chi connectivity index (χ1) is 7.65. The van der Waals surface area contributed by atoms with Crippen molar-refractivity contribution >= 4 is 8.32 Å². The van der Waals surface area contributed by atoms with Crippen LogP contribution in [0.25, 0.3) is 0 Å². The highest BCUT2D eigenvalue weighted by molar-refractivity contribution is 6.73. The Kier molecular flexibility index (Phi) is 3.63. The van der Waals surface area contributed by atoms with E-state index in [0.29, 0.717) is 12.1 Å². The largest absolute Gasteiger partial charge is 0.413 e. The molecule has 0 aliphatic rings.